The quantitative estimate of drug-likeness (QED) is 0.662. The summed E-state index contributed by atoms with van der Waals surface area (Å²) in [6.45, 7) is 8.50. The number of benzene rings is 1. The number of piperazine rings is 1. The van der Waals surface area contributed by atoms with Gasteiger partial charge in [-0.15, -0.1) is 12.4 Å². The average Bonchev–Trinajstić information content (AvgIpc) is 2.71. The van der Waals surface area contributed by atoms with Crippen molar-refractivity contribution in [3.8, 4) is 0 Å². The molecule has 3 aliphatic heterocycles. The number of hydrogen-bond donors (Lipinski definition) is 2. The SMILES string of the molecule is C[C@@H]1CN(c2c(F)cc(C3CCC(=O)NC3=O)cc2F)C[C@H](C)N1CC1CCNCC1.Cl. The number of anilines is 1. The molecule has 3 heterocycles. The number of hydrogen-bond acceptors (Lipinski definition) is 5. The van der Waals surface area contributed by atoms with E-state index in [1.165, 1.54) is 25.0 Å². The molecule has 2 amide bonds. The first-order chi connectivity index (χ1) is 14.8. The van der Waals surface area contributed by atoms with Crippen LogP contribution < -0.4 is 15.5 Å². The van der Waals surface area contributed by atoms with Gasteiger partial charge in [-0.05, 0) is 69.8 Å². The smallest absolute Gasteiger partial charge is 0.234 e. The number of halogens is 3. The van der Waals surface area contributed by atoms with Crippen molar-refractivity contribution in [3.63, 3.8) is 0 Å². The van der Waals surface area contributed by atoms with Crippen LogP contribution in [-0.2, 0) is 9.59 Å². The molecule has 9 heteroatoms. The molecule has 3 atom stereocenters. The first kappa shape index (κ1) is 24.9. The zero-order chi connectivity index (χ0) is 22.1. The number of amides is 2. The number of imide groups is 1. The van der Waals surface area contributed by atoms with E-state index in [1.807, 2.05) is 0 Å². The van der Waals surface area contributed by atoms with Crippen molar-refractivity contribution >= 4 is 29.9 Å². The van der Waals surface area contributed by atoms with Crippen molar-refractivity contribution in [1.82, 2.24) is 15.5 Å². The summed E-state index contributed by atoms with van der Waals surface area (Å²) in [4.78, 5) is 27.7. The second kappa shape index (κ2) is 10.4. The molecular weight excluding hydrogens is 438 g/mol. The molecule has 0 saturated carbocycles. The maximum Gasteiger partial charge on any atom is 0.234 e. The van der Waals surface area contributed by atoms with Crippen LogP contribution in [0.5, 0.6) is 0 Å². The van der Waals surface area contributed by atoms with E-state index in [9.17, 15) is 9.59 Å². The number of carbonyl (C=O) groups excluding carboxylic acids is 2. The first-order valence-corrected chi connectivity index (χ1v) is 11.4. The van der Waals surface area contributed by atoms with E-state index in [0.717, 1.165) is 19.6 Å². The van der Waals surface area contributed by atoms with Crippen LogP contribution in [-0.4, -0.2) is 61.5 Å². The van der Waals surface area contributed by atoms with Crippen molar-refractivity contribution in [3.05, 3.63) is 29.3 Å². The van der Waals surface area contributed by atoms with E-state index in [-0.39, 0.29) is 54.5 Å². The van der Waals surface area contributed by atoms with E-state index in [4.69, 9.17) is 0 Å². The molecule has 32 heavy (non-hydrogen) atoms. The zero-order valence-electron chi connectivity index (χ0n) is 18.7. The normalized spacial score (nSPS) is 27.8. The second-order valence-electron chi connectivity index (χ2n) is 9.33. The minimum atomic E-state index is -0.699. The van der Waals surface area contributed by atoms with Crippen molar-refractivity contribution in [2.75, 3.05) is 37.6 Å². The van der Waals surface area contributed by atoms with E-state index < -0.39 is 23.5 Å². The van der Waals surface area contributed by atoms with Gasteiger partial charge in [0.05, 0.1) is 5.92 Å². The van der Waals surface area contributed by atoms with Crippen LogP contribution in [0.2, 0.25) is 0 Å². The molecule has 0 radical (unpaired) electrons. The molecule has 0 bridgehead atoms. The number of carbonyl (C=O) groups is 2. The molecule has 0 spiro atoms. The predicted octanol–water partition coefficient (Wildman–Crippen LogP) is 2.81. The van der Waals surface area contributed by atoms with Crippen molar-refractivity contribution in [2.45, 2.75) is 57.5 Å². The standard InChI is InChI=1S/C23H32F2N4O2.ClH/c1-14-11-28(12-15(2)29(14)13-16-5-7-26-8-6-16)22-19(24)9-17(10-20(22)25)18-3-4-21(30)27-23(18)31;/h9-10,14-16,18,26H,3-8,11-13H2,1-2H3,(H,27,30,31);1H/t14-,15+,18?;. The van der Waals surface area contributed by atoms with Gasteiger partial charge >= 0.3 is 0 Å². The van der Waals surface area contributed by atoms with Crippen LogP contribution in [0.15, 0.2) is 12.1 Å². The van der Waals surface area contributed by atoms with Gasteiger partial charge in [0.2, 0.25) is 11.8 Å². The molecule has 1 aromatic carbocycles. The summed E-state index contributed by atoms with van der Waals surface area (Å²) in [5.74, 6) is -2.16. The van der Waals surface area contributed by atoms with Gasteiger partial charge in [-0.3, -0.25) is 19.8 Å². The number of nitrogens with zero attached hydrogens (tertiary/aromatic N) is 2. The fourth-order valence-electron chi connectivity index (χ4n) is 5.36. The number of nitrogens with one attached hydrogen (secondary N) is 2. The molecule has 3 saturated heterocycles. The van der Waals surface area contributed by atoms with E-state index >= 15 is 8.78 Å². The lowest BCUT2D eigenvalue weighted by molar-refractivity contribution is -0.134. The summed E-state index contributed by atoms with van der Waals surface area (Å²) in [6, 6.07) is 2.89. The summed E-state index contributed by atoms with van der Waals surface area (Å²) in [5.41, 5.74) is 0.269. The molecule has 0 aromatic heterocycles. The molecule has 3 fully saturated rings. The number of rotatable bonds is 4. The van der Waals surface area contributed by atoms with Gasteiger partial charge in [0.15, 0.2) is 0 Å². The lowest BCUT2D eigenvalue weighted by Crippen LogP contribution is -2.58. The molecule has 6 nitrogen and oxygen atoms in total. The van der Waals surface area contributed by atoms with Gasteiger partial charge in [-0.25, -0.2) is 8.78 Å². The van der Waals surface area contributed by atoms with E-state index in [0.29, 0.717) is 19.0 Å². The fraction of sp³-hybridized carbons (Fsp3) is 0.652. The minimum Gasteiger partial charge on any atom is -0.364 e. The second-order valence-corrected chi connectivity index (χ2v) is 9.33. The third-order valence-electron chi connectivity index (χ3n) is 7.03. The van der Waals surface area contributed by atoms with Gasteiger partial charge in [-0.1, -0.05) is 0 Å². The molecule has 4 rings (SSSR count). The molecule has 1 unspecified atom stereocenters. The monoisotopic (exact) mass is 470 g/mol. The van der Waals surface area contributed by atoms with Gasteiger partial charge < -0.3 is 10.2 Å². The lowest BCUT2D eigenvalue weighted by Gasteiger charge is -2.47. The first-order valence-electron chi connectivity index (χ1n) is 11.4. The third kappa shape index (κ3) is 5.24. The maximum absolute atomic E-state index is 15.1. The highest BCUT2D eigenvalue weighted by molar-refractivity contribution is 6.00. The summed E-state index contributed by atoms with van der Waals surface area (Å²) in [5, 5.41) is 5.65. The van der Waals surface area contributed by atoms with Crippen molar-refractivity contribution in [2.24, 2.45) is 5.92 Å². The summed E-state index contributed by atoms with van der Waals surface area (Å²) in [7, 11) is 0. The lowest BCUT2D eigenvalue weighted by atomic mass is 9.90. The van der Waals surface area contributed by atoms with Crippen LogP contribution in [0, 0.1) is 17.6 Å². The predicted molar refractivity (Wildman–Crippen MR) is 122 cm³/mol. The maximum atomic E-state index is 15.1. The number of piperidine rings is 2. The van der Waals surface area contributed by atoms with Crippen molar-refractivity contribution < 1.29 is 18.4 Å². The Hall–Kier alpha value is -1.77. The minimum absolute atomic E-state index is 0. The Labute approximate surface area is 194 Å². The van der Waals surface area contributed by atoms with Crippen LogP contribution >= 0.6 is 12.4 Å². The highest BCUT2D eigenvalue weighted by Crippen LogP contribution is 2.33. The Kier molecular flexibility index (Phi) is 8.11. The largest absolute Gasteiger partial charge is 0.364 e. The molecular formula is C23H33ClF2N4O2. The van der Waals surface area contributed by atoms with Gasteiger partial charge in [0, 0.05) is 38.1 Å². The van der Waals surface area contributed by atoms with Crippen LogP contribution in [0.1, 0.15) is 51.0 Å². The van der Waals surface area contributed by atoms with Gasteiger partial charge in [-0.2, -0.15) is 0 Å². The summed E-state index contributed by atoms with van der Waals surface area (Å²) < 4.78 is 30.2. The average molecular weight is 471 g/mol. The molecule has 3 aliphatic rings. The Morgan fingerprint density at radius 1 is 1.00 bits per heavy atom. The van der Waals surface area contributed by atoms with Gasteiger partial charge in [0.25, 0.3) is 0 Å². The van der Waals surface area contributed by atoms with Crippen LogP contribution in [0.4, 0.5) is 14.5 Å². The van der Waals surface area contributed by atoms with Gasteiger partial charge in [0.1, 0.15) is 17.3 Å². The Balaban J connectivity index is 0.00000289. The Bertz CT molecular complexity index is 814. The van der Waals surface area contributed by atoms with Crippen LogP contribution in [0.3, 0.4) is 0 Å². The Morgan fingerprint density at radius 2 is 1.59 bits per heavy atom. The topological polar surface area (TPSA) is 64.7 Å². The zero-order valence-corrected chi connectivity index (χ0v) is 19.5. The highest BCUT2D eigenvalue weighted by Gasteiger charge is 2.35. The van der Waals surface area contributed by atoms with Crippen molar-refractivity contribution in [1.29, 1.82) is 0 Å². The summed E-state index contributed by atoms with van der Waals surface area (Å²) >= 11 is 0. The van der Waals surface area contributed by atoms with E-state index in [1.54, 1.807) is 4.90 Å². The van der Waals surface area contributed by atoms with E-state index in [2.05, 4.69) is 29.4 Å². The third-order valence-corrected chi connectivity index (χ3v) is 7.03. The summed E-state index contributed by atoms with van der Waals surface area (Å²) in [6.07, 6.45) is 2.79. The molecule has 0 aliphatic carbocycles. The van der Waals surface area contributed by atoms with Crippen LogP contribution in [0.25, 0.3) is 0 Å². The highest BCUT2D eigenvalue weighted by atomic mass is 35.5. The molecule has 178 valence electrons. The Morgan fingerprint density at radius 3 is 2.16 bits per heavy atom. The fourth-order valence-corrected chi connectivity index (χ4v) is 5.36. The molecule has 1 aromatic rings. The molecule has 2 N–H and O–H groups in total.